The number of fused-ring (bicyclic) bond motifs is 1. The number of aromatic nitrogens is 5. The first-order valence-corrected chi connectivity index (χ1v) is 8.80. The van der Waals surface area contributed by atoms with Crippen LogP contribution in [-0.2, 0) is 11.3 Å². The number of para-hydroxylation sites is 1. The highest BCUT2D eigenvalue weighted by Gasteiger charge is 2.21. The molecule has 0 bridgehead atoms. The summed E-state index contributed by atoms with van der Waals surface area (Å²) >= 11 is 0. The van der Waals surface area contributed by atoms with Crippen LogP contribution in [-0.4, -0.2) is 30.9 Å². The third-order valence-corrected chi connectivity index (χ3v) is 4.37. The minimum Gasteiger partial charge on any atom is -0.340 e. The third kappa shape index (κ3) is 3.52. The number of carbonyl (C=O) groups excluding carboxylic acids is 1. The van der Waals surface area contributed by atoms with Crippen molar-refractivity contribution < 1.29 is 4.79 Å². The van der Waals surface area contributed by atoms with Crippen LogP contribution < -0.4 is 10.7 Å². The first-order valence-electron chi connectivity index (χ1n) is 8.80. The predicted molar refractivity (Wildman–Crippen MR) is 104 cm³/mol. The van der Waals surface area contributed by atoms with Gasteiger partial charge in [-0.1, -0.05) is 42.5 Å². The Morgan fingerprint density at radius 3 is 2.64 bits per heavy atom. The van der Waals surface area contributed by atoms with Crippen molar-refractivity contribution in [3.05, 3.63) is 88.2 Å². The van der Waals surface area contributed by atoms with Gasteiger partial charge in [-0.15, -0.1) is 0 Å². The molecular weight excluding hydrogens is 356 g/mol. The maximum absolute atomic E-state index is 12.8. The maximum atomic E-state index is 12.8. The lowest BCUT2D eigenvalue weighted by atomic mass is 10.1. The smallest absolute Gasteiger partial charge is 0.242 e. The minimum atomic E-state index is -0.496. The minimum absolute atomic E-state index is 0.0342. The molecule has 0 fully saturated rings. The van der Waals surface area contributed by atoms with E-state index in [0.717, 1.165) is 5.56 Å². The first-order chi connectivity index (χ1) is 13.6. The molecule has 2 heterocycles. The van der Waals surface area contributed by atoms with Crippen LogP contribution in [0.5, 0.6) is 0 Å². The van der Waals surface area contributed by atoms with Gasteiger partial charge in [-0.2, -0.15) is 10.2 Å². The van der Waals surface area contributed by atoms with Gasteiger partial charge in [0.15, 0.2) is 5.82 Å². The topological polar surface area (TPSA) is 106 Å². The highest BCUT2D eigenvalue weighted by atomic mass is 16.2. The molecule has 2 aromatic heterocycles. The Balaban J connectivity index is 1.62. The second-order valence-electron chi connectivity index (χ2n) is 6.37. The summed E-state index contributed by atoms with van der Waals surface area (Å²) in [5.41, 5.74) is 1.30. The number of nitrogens with one attached hydrogen (secondary N) is 2. The van der Waals surface area contributed by atoms with Crippen LogP contribution in [0.2, 0.25) is 0 Å². The summed E-state index contributed by atoms with van der Waals surface area (Å²) in [4.78, 5) is 29.1. The Kier molecular flexibility index (Phi) is 4.67. The van der Waals surface area contributed by atoms with E-state index < -0.39 is 6.04 Å². The van der Waals surface area contributed by atoms with Gasteiger partial charge in [0.05, 0.1) is 11.7 Å². The van der Waals surface area contributed by atoms with Gasteiger partial charge < -0.3 is 5.32 Å². The van der Waals surface area contributed by atoms with E-state index in [1.54, 1.807) is 31.2 Å². The van der Waals surface area contributed by atoms with Crippen molar-refractivity contribution in [3.8, 4) is 0 Å². The van der Waals surface area contributed by atoms with Crippen molar-refractivity contribution in [2.45, 2.75) is 19.5 Å². The fraction of sp³-hybridized carbons (Fsp3) is 0.150. The highest BCUT2D eigenvalue weighted by Crippen LogP contribution is 2.19. The molecule has 1 amide bonds. The summed E-state index contributed by atoms with van der Waals surface area (Å²) < 4.78 is 1.51. The first kappa shape index (κ1) is 17.6. The number of carbonyl (C=O) groups is 1. The van der Waals surface area contributed by atoms with Crippen LogP contribution >= 0.6 is 0 Å². The molecule has 8 heteroatoms. The van der Waals surface area contributed by atoms with Crippen molar-refractivity contribution >= 4 is 16.8 Å². The number of aryl methyl sites for hydroxylation is 1. The van der Waals surface area contributed by atoms with Crippen molar-refractivity contribution in [3.63, 3.8) is 0 Å². The van der Waals surface area contributed by atoms with Gasteiger partial charge in [0.25, 0.3) is 0 Å². The van der Waals surface area contributed by atoms with Gasteiger partial charge in [-0.25, -0.2) is 4.98 Å². The van der Waals surface area contributed by atoms with Crippen LogP contribution in [0.3, 0.4) is 0 Å². The highest BCUT2D eigenvalue weighted by molar-refractivity contribution is 5.81. The average Bonchev–Trinajstić information content (AvgIpc) is 3.15. The number of H-pyrrole nitrogens is 1. The fourth-order valence-corrected chi connectivity index (χ4v) is 3.06. The van der Waals surface area contributed by atoms with Crippen LogP contribution in [0.25, 0.3) is 10.9 Å². The van der Waals surface area contributed by atoms with Gasteiger partial charge in [0.1, 0.15) is 18.4 Å². The second kappa shape index (κ2) is 7.43. The van der Waals surface area contributed by atoms with Crippen molar-refractivity contribution in [1.82, 2.24) is 30.3 Å². The number of hydrogen-bond acceptors (Lipinski definition) is 5. The molecule has 1 unspecified atom stereocenters. The van der Waals surface area contributed by atoms with E-state index in [1.165, 1.54) is 10.9 Å². The van der Waals surface area contributed by atoms with Gasteiger partial charge in [-0.05, 0) is 24.6 Å². The molecule has 0 aliphatic heterocycles. The van der Waals surface area contributed by atoms with E-state index in [1.807, 2.05) is 30.3 Å². The number of aromatic amines is 1. The Morgan fingerprint density at radius 2 is 1.89 bits per heavy atom. The summed E-state index contributed by atoms with van der Waals surface area (Å²) in [6, 6.07) is 16.1. The zero-order valence-electron chi connectivity index (χ0n) is 15.2. The van der Waals surface area contributed by atoms with Gasteiger partial charge in [0, 0.05) is 5.39 Å². The third-order valence-electron chi connectivity index (χ3n) is 4.37. The second-order valence-corrected chi connectivity index (χ2v) is 6.37. The molecule has 0 saturated carbocycles. The van der Waals surface area contributed by atoms with Crippen LogP contribution in [0.1, 0.15) is 23.3 Å². The Morgan fingerprint density at radius 1 is 1.14 bits per heavy atom. The number of amides is 1. The summed E-state index contributed by atoms with van der Waals surface area (Å²) in [5, 5.41) is 14.6. The molecule has 0 radical (unpaired) electrons. The molecule has 1 atom stereocenters. The molecule has 28 heavy (non-hydrogen) atoms. The molecular formula is C20H18N6O2. The van der Waals surface area contributed by atoms with E-state index in [-0.39, 0.29) is 17.9 Å². The lowest BCUT2D eigenvalue weighted by Crippen LogP contribution is -2.33. The predicted octanol–water partition coefficient (Wildman–Crippen LogP) is 1.73. The van der Waals surface area contributed by atoms with E-state index in [4.69, 9.17) is 0 Å². The van der Waals surface area contributed by atoms with E-state index in [0.29, 0.717) is 22.6 Å². The molecule has 4 aromatic rings. The number of nitrogens with zero attached hydrogens (tertiary/aromatic N) is 4. The molecule has 140 valence electrons. The summed E-state index contributed by atoms with van der Waals surface area (Å²) in [6.07, 6.45) is 1.23. The summed E-state index contributed by atoms with van der Waals surface area (Å²) in [5.74, 6) is 0.880. The standard InChI is InChI=1S/C20H18N6O2/c1-13-22-20(25-24-13)19(14-7-3-2-4-8-14)23-18(28)12-26-16-10-6-5-9-15(16)17(27)11-21-26/h2-11,19H,12H2,1H3,(H,23,28)(H,22,24,25). The van der Waals surface area contributed by atoms with Crippen LogP contribution in [0.4, 0.5) is 0 Å². The fourth-order valence-electron chi connectivity index (χ4n) is 3.06. The molecule has 8 nitrogen and oxygen atoms in total. The van der Waals surface area contributed by atoms with Gasteiger partial charge in [-0.3, -0.25) is 19.4 Å². The lowest BCUT2D eigenvalue weighted by Gasteiger charge is -2.17. The number of benzene rings is 2. The molecule has 2 N–H and O–H groups in total. The van der Waals surface area contributed by atoms with E-state index >= 15 is 0 Å². The molecule has 0 saturated heterocycles. The summed E-state index contributed by atoms with van der Waals surface area (Å²) in [7, 11) is 0. The number of rotatable bonds is 5. The van der Waals surface area contributed by atoms with E-state index in [2.05, 4.69) is 25.6 Å². The van der Waals surface area contributed by atoms with Crippen molar-refractivity contribution in [1.29, 1.82) is 0 Å². The Bertz CT molecular complexity index is 1180. The zero-order valence-corrected chi connectivity index (χ0v) is 15.2. The Labute approximate surface area is 160 Å². The van der Waals surface area contributed by atoms with Crippen molar-refractivity contribution in [2.24, 2.45) is 0 Å². The molecule has 2 aromatic carbocycles. The monoisotopic (exact) mass is 374 g/mol. The molecule has 0 spiro atoms. The maximum Gasteiger partial charge on any atom is 0.242 e. The van der Waals surface area contributed by atoms with Gasteiger partial charge in [0.2, 0.25) is 11.3 Å². The zero-order chi connectivity index (χ0) is 19.5. The average molecular weight is 374 g/mol. The molecule has 4 rings (SSSR count). The van der Waals surface area contributed by atoms with Gasteiger partial charge >= 0.3 is 0 Å². The van der Waals surface area contributed by atoms with Crippen LogP contribution in [0, 0.1) is 6.92 Å². The van der Waals surface area contributed by atoms with Crippen molar-refractivity contribution in [2.75, 3.05) is 0 Å². The number of hydrogen-bond donors (Lipinski definition) is 2. The quantitative estimate of drug-likeness (QED) is 0.553. The molecule has 0 aliphatic rings. The molecule has 0 aliphatic carbocycles. The lowest BCUT2D eigenvalue weighted by molar-refractivity contribution is -0.122. The Hall–Kier alpha value is -3.81. The largest absolute Gasteiger partial charge is 0.340 e. The van der Waals surface area contributed by atoms with Crippen LogP contribution in [0.15, 0.2) is 65.6 Å². The normalized spacial score (nSPS) is 12.0. The summed E-state index contributed by atoms with van der Waals surface area (Å²) in [6.45, 7) is 1.77. The van der Waals surface area contributed by atoms with E-state index in [9.17, 15) is 9.59 Å². The SMILES string of the molecule is Cc1nc(C(NC(=O)Cn2ncc(=O)c3ccccc32)c2ccccc2)n[nH]1.